The minimum atomic E-state index is -0.244. The molecule has 1 aliphatic rings. The molecule has 2 aromatic carbocycles. The van der Waals surface area contributed by atoms with E-state index in [9.17, 15) is 9.18 Å². The average molecular weight is 434 g/mol. The number of piperazine rings is 1. The molecule has 0 spiro atoms. The Labute approximate surface area is 183 Å². The van der Waals surface area contributed by atoms with Gasteiger partial charge in [0.2, 0.25) is 5.82 Å². The average Bonchev–Trinajstić information content (AvgIpc) is 3.50. The number of hydrogen-bond acceptors (Lipinski definition) is 5. The molecular formula is C23H20FN5OS. The minimum absolute atomic E-state index is 0.173. The first-order valence-corrected chi connectivity index (χ1v) is 10.9. The maximum Gasteiger partial charge on any atom is 0.293 e. The standard InChI is InChI=1S/C23H20FN5OS/c24-18-9-4-5-10-19(18)27-12-14-28(15-13-27)23(30)21-25-22(20-11-6-16-31-20)29(26-21)17-7-2-1-3-8-17/h1-11,16H,12-15H2. The molecule has 5 rings (SSSR count). The van der Waals surface area contributed by atoms with Crippen LogP contribution in [0, 0.1) is 5.82 Å². The molecule has 0 saturated carbocycles. The molecule has 0 unspecified atom stereocenters. The first-order valence-electron chi connectivity index (χ1n) is 10.1. The van der Waals surface area contributed by atoms with E-state index in [0.717, 1.165) is 10.6 Å². The van der Waals surface area contributed by atoms with Crippen molar-refractivity contribution < 1.29 is 9.18 Å². The van der Waals surface area contributed by atoms with Crippen LogP contribution in [0.2, 0.25) is 0 Å². The number of hydrogen-bond donors (Lipinski definition) is 0. The van der Waals surface area contributed by atoms with Crippen molar-refractivity contribution in [3.63, 3.8) is 0 Å². The van der Waals surface area contributed by atoms with Crippen LogP contribution in [0.5, 0.6) is 0 Å². The lowest BCUT2D eigenvalue weighted by Gasteiger charge is -2.35. The van der Waals surface area contributed by atoms with Gasteiger partial charge in [-0.25, -0.2) is 14.1 Å². The highest BCUT2D eigenvalue weighted by atomic mass is 32.1. The first-order chi connectivity index (χ1) is 15.2. The van der Waals surface area contributed by atoms with E-state index < -0.39 is 0 Å². The summed E-state index contributed by atoms with van der Waals surface area (Å²) in [6.45, 7) is 2.09. The fourth-order valence-electron chi connectivity index (χ4n) is 3.72. The number of aromatic nitrogens is 3. The quantitative estimate of drug-likeness (QED) is 0.486. The number of para-hydroxylation sites is 2. The highest BCUT2D eigenvalue weighted by Gasteiger charge is 2.27. The second-order valence-electron chi connectivity index (χ2n) is 7.21. The van der Waals surface area contributed by atoms with E-state index in [-0.39, 0.29) is 17.5 Å². The van der Waals surface area contributed by atoms with Crippen LogP contribution in [0.1, 0.15) is 10.6 Å². The number of amides is 1. The van der Waals surface area contributed by atoms with Crippen molar-refractivity contribution in [3.8, 4) is 16.4 Å². The maximum atomic E-state index is 14.1. The number of anilines is 1. The normalized spacial score (nSPS) is 14.1. The van der Waals surface area contributed by atoms with Gasteiger partial charge in [-0.15, -0.1) is 16.4 Å². The second kappa shape index (κ2) is 8.31. The van der Waals surface area contributed by atoms with Gasteiger partial charge >= 0.3 is 0 Å². The van der Waals surface area contributed by atoms with Crippen LogP contribution in [0.4, 0.5) is 10.1 Å². The SMILES string of the molecule is O=C(c1nc(-c2cccs2)n(-c2ccccc2)n1)N1CCN(c2ccccc2F)CC1. The van der Waals surface area contributed by atoms with Crippen LogP contribution in [-0.2, 0) is 0 Å². The zero-order valence-electron chi connectivity index (χ0n) is 16.7. The summed E-state index contributed by atoms with van der Waals surface area (Å²) in [6.07, 6.45) is 0. The predicted molar refractivity (Wildman–Crippen MR) is 119 cm³/mol. The molecule has 6 nitrogen and oxygen atoms in total. The summed E-state index contributed by atoms with van der Waals surface area (Å²) in [7, 11) is 0. The number of halogens is 1. The molecule has 1 aliphatic heterocycles. The molecule has 1 fully saturated rings. The van der Waals surface area contributed by atoms with Crippen LogP contribution >= 0.6 is 11.3 Å². The van der Waals surface area contributed by atoms with Gasteiger partial charge in [0.05, 0.1) is 16.3 Å². The van der Waals surface area contributed by atoms with E-state index in [0.29, 0.717) is 37.7 Å². The monoisotopic (exact) mass is 433 g/mol. The summed E-state index contributed by atoms with van der Waals surface area (Å²) in [5.74, 6) is 0.368. The molecule has 156 valence electrons. The topological polar surface area (TPSA) is 54.3 Å². The fraction of sp³-hybridized carbons (Fsp3) is 0.174. The summed E-state index contributed by atoms with van der Waals surface area (Å²) in [4.78, 5) is 22.4. The molecule has 0 atom stereocenters. The Balaban J connectivity index is 1.38. The third-order valence-electron chi connectivity index (χ3n) is 5.30. The van der Waals surface area contributed by atoms with Crippen molar-refractivity contribution in [2.45, 2.75) is 0 Å². The van der Waals surface area contributed by atoms with E-state index in [4.69, 9.17) is 0 Å². The molecule has 2 aromatic heterocycles. The van der Waals surface area contributed by atoms with Crippen LogP contribution in [0.3, 0.4) is 0 Å². The highest BCUT2D eigenvalue weighted by Crippen LogP contribution is 2.26. The van der Waals surface area contributed by atoms with Crippen LogP contribution in [0.25, 0.3) is 16.4 Å². The smallest absolute Gasteiger partial charge is 0.293 e. The van der Waals surface area contributed by atoms with Crippen molar-refractivity contribution in [2.24, 2.45) is 0 Å². The number of nitrogens with zero attached hydrogens (tertiary/aromatic N) is 5. The second-order valence-corrected chi connectivity index (χ2v) is 8.16. The number of rotatable bonds is 4. The molecule has 4 aromatic rings. The van der Waals surface area contributed by atoms with E-state index >= 15 is 0 Å². The lowest BCUT2D eigenvalue weighted by molar-refractivity contribution is 0.0734. The molecular weight excluding hydrogens is 413 g/mol. The molecule has 0 bridgehead atoms. The Hall–Kier alpha value is -3.52. The van der Waals surface area contributed by atoms with Gasteiger partial charge in [0.1, 0.15) is 5.82 Å². The van der Waals surface area contributed by atoms with E-state index in [1.54, 1.807) is 33.1 Å². The third kappa shape index (κ3) is 3.82. The summed E-state index contributed by atoms with van der Waals surface area (Å²) < 4.78 is 15.8. The van der Waals surface area contributed by atoms with Crippen molar-refractivity contribution in [1.82, 2.24) is 19.7 Å². The maximum absolute atomic E-state index is 14.1. The van der Waals surface area contributed by atoms with Crippen molar-refractivity contribution in [1.29, 1.82) is 0 Å². The molecule has 0 aliphatic carbocycles. The van der Waals surface area contributed by atoms with Gasteiger partial charge in [-0.3, -0.25) is 4.79 Å². The summed E-state index contributed by atoms with van der Waals surface area (Å²) in [6, 6.07) is 20.3. The van der Waals surface area contributed by atoms with Crippen LogP contribution < -0.4 is 4.90 Å². The largest absolute Gasteiger partial charge is 0.366 e. The molecule has 1 amide bonds. The number of benzene rings is 2. The van der Waals surface area contributed by atoms with Gasteiger partial charge in [0.15, 0.2) is 5.82 Å². The zero-order valence-corrected chi connectivity index (χ0v) is 17.5. The Morgan fingerprint density at radius 2 is 1.65 bits per heavy atom. The summed E-state index contributed by atoms with van der Waals surface area (Å²) >= 11 is 1.55. The van der Waals surface area contributed by atoms with Gasteiger partial charge in [0, 0.05) is 26.2 Å². The predicted octanol–water partition coefficient (Wildman–Crippen LogP) is 4.10. The Kier molecular flexibility index (Phi) is 5.21. The van der Waals surface area contributed by atoms with Gasteiger partial charge < -0.3 is 9.80 Å². The third-order valence-corrected chi connectivity index (χ3v) is 6.17. The van der Waals surface area contributed by atoms with Gasteiger partial charge in [0.25, 0.3) is 5.91 Å². The lowest BCUT2D eigenvalue weighted by atomic mass is 10.2. The van der Waals surface area contributed by atoms with Gasteiger partial charge in [-0.1, -0.05) is 36.4 Å². The van der Waals surface area contributed by atoms with E-state index in [2.05, 4.69) is 10.1 Å². The Bertz CT molecular complexity index is 1180. The zero-order chi connectivity index (χ0) is 21.2. The molecule has 3 heterocycles. The van der Waals surface area contributed by atoms with Crippen LogP contribution in [0.15, 0.2) is 72.1 Å². The molecule has 0 radical (unpaired) electrons. The van der Waals surface area contributed by atoms with Gasteiger partial charge in [-0.2, -0.15) is 0 Å². The van der Waals surface area contributed by atoms with Crippen molar-refractivity contribution >= 4 is 22.9 Å². The number of carbonyl (C=O) groups excluding carboxylic acids is 1. The Morgan fingerprint density at radius 1 is 0.903 bits per heavy atom. The first kappa shape index (κ1) is 19.4. The van der Waals surface area contributed by atoms with Crippen molar-refractivity contribution in [2.75, 3.05) is 31.1 Å². The molecule has 1 saturated heterocycles. The number of carbonyl (C=O) groups is 1. The minimum Gasteiger partial charge on any atom is -0.366 e. The fourth-order valence-corrected chi connectivity index (χ4v) is 4.42. The van der Waals surface area contributed by atoms with Crippen molar-refractivity contribution in [3.05, 3.63) is 83.8 Å². The number of thiophene rings is 1. The van der Waals surface area contributed by atoms with Gasteiger partial charge in [-0.05, 0) is 35.7 Å². The summed E-state index contributed by atoms with van der Waals surface area (Å²) in [5, 5.41) is 6.53. The lowest BCUT2D eigenvalue weighted by Crippen LogP contribution is -2.49. The molecule has 0 N–H and O–H groups in total. The molecule has 31 heavy (non-hydrogen) atoms. The van der Waals surface area contributed by atoms with E-state index in [1.165, 1.54) is 6.07 Å². The summed E-state index contributed by atoms with van der Waals surface area (Å²) in [5.41, 5.74) is 1.42. The van der Waals surface area contributed by atoms with Crippen LogP contribution in [-0.4, -0.2) is 51.8 Å². The molecule has 8 heteroatoms. The highest BCUT2D eigenvalue weighted by molar-refractivity contribution is 7.13. The Morgan fingerprint density at radius 3 is 2.35 bits per heavy atom. The van der Waals surface area contributed by atoms with E-state index in [1.807, 2.05) is 58.8 Å².